The Morgan fingerprint density at radius 3 is 2.40 bits per heavy atom. The van der Waals surface area contributed by atoms with Gasteiger partial charge in [-0.2, -0.15) is 10.6 Å². The Morgan fingerprint density at radius 2 is 2.00 bits per heavy atom. The highest BCUT2D eigenvalue weighted by Crippen LogP contribution is 2.06. The number of halogens is 1. The van der Waals surface area contributed by atoms with E-state index in [4.69, 9.17) is 4.78 Å². The summed E-state index contributed by atoms with van der Waals surface area (Å²) in [5.41, 5.74) is 0. The van der Waals surface area contributed by atoms with Crippen LogP contribution in [0.2, 0.25) is 0 Å². The third kappa shape index (κ3) is 1.33. The fourth-order valence-electron chi connectivity index (χ4n) is 0.595. The summed E-state index contributed by atoms with van der Waals surface area (Å²) >= 11 is 0. The van der Waals surface area contributed by atoms with Gasteiger partial charge >= 0.3 is 0 Å². The van der Waals surface area contributed by atoms with Crippen LogP contribution in [0.3, 0.4) is 0 Å². The molecule has 1 aromatic carbocycles. The third-order valence-corrected chi connectivity index (χ3v) is 1.77. The molecule has 1 rings (SSSR count). The summed E-state index contributed by atoms with van der Waals surface area (Å²) in [7, 11) is -1.97. The fraction of sp³-hybridized carbons (Fsp3) is 0. The molecule has 0 saturated heterocycles. The van der Waals surface area contributed by atoms with Crippen LogP contribution in [0.15, 0.2) is 29.2 Å². The fourth-order valence-corrected chi connectivity index (χ4v) is 1.04. The van der Waals surface area contributed by atoms with Crippen molar-refractivity contribution in [2.45, 2.75) is 4.90 Å². The Bertz CT molecular complexity index is 300. The van der Waals surface area contributed by atoms with Gasteiger partial charge in [0.15, 0.2) is 0 Å². The van der Waals surface area contributed by atoms with Crippen molar-refractivity contribution in [3.8, 4) is 0 Å². The van der Waals surface area contributed by atoms with Gasteiger partial charge < -0.3 is 8.99 Å². The molecule has 0 aromatic heterocycles. The van der Waals surface area contributed by atoms with Crippen molar-refractivity contribution in [2.24, 2.45) is 0 Å². The van der Waals surface area contributed by atoms with E-state index >= 15 is 0 Å². The summed E-state index contributed by atoms with van der Waals surface area (Å²) in [5, 5.41) is 0. The number of hydrogen-bond acceptors (Lipinski definition) is 3. The van der Waals surface area contributed by atoms with Crippen molar-refractivity contribution in [3.63, 3.8) is 0 Å². The Labute approximate surface area is 59.7 Å². The lowest BCUT2D eigenvalue weighted by Gasteiger charge is -2.00. The first kappa shape index (κ1) is 7.21. The van der Waals surface area contributed by atoms with Gasteiger partial charge in [0.2, 0.25) is 0 Å². The molecule has 0 aliphatic rings. The maximum atomic E-state index is 12.5. The minimum Gasteiger partial charge on any atom is -0.440 e. The second kappa shape index (κ2) is 2.79. The van der Waals surface area contributed by atoms with E-state index in [9.17, 15) is 8.60 Å². The summed E-state index contributed by atoms with van der Waals surface area (Å²) in [5.74, 6) is -0.587. The first-order valence-corrected chi connectivity index (χ1v) is 3.74. The number of rotatable bonds is 1. The zero-order chi connectivity index (χ0) is 7.56. The lowest BCUT2D eigenvalue weighted by Crippen LogP contribution is -1.82. The summed E-state index contributed by atoms with van der Waals surface area (Å²) in [6.07, 6.45) is 0. The molecule has 0 amide bonds. The highest BCUT2D eigenvalue weighted by Gasteiger charge is 1.89. The standard InChI is InChI=1S/C6H5FNOS/c7-5-3-1-2-4-6(5)10(8)9/h1-4,8H/q-1. The van der Waals surface area contributed by atoms with E-state index in [0.29, 0.717) is 0 Å². The van der Waals surface area contributed by atoms with Crippen molar-refractivity contribution >= 4 is 10.6 Å². The van der Waals surface area contributed by atoms with E-state index in [2.05, 4.69) is 0 Å². The van der Waals surface area contributed by atoms with Gasteiger partial charge in [0.1, 0.15) is 5.82 Å². The molecule has 2 nitrogen and oxygen atoms in total. The van der Waals surface area contributed by atoms with Crippen molar-refractivity contribution in [1.82, 2.24) is 0 Å². The predicted octanol–water partition coefficient (Wildman–Crippen LogP) is 1.91. The molecule has 0 atom stereocenters. The van der Waals surface area contributed by atoms with Crippen LogP contribution in [0, 0.1) is 10.6 Å². The zero-order valence-corrected chi connectivity index (χ0v) is 5.82. The lowest BCUT2D eigenvalue weighted by molar-refractivity contribution is 0.578. The SMILES string of the molecule is N=[S-](=O)c1ccccc1F. The Kier molecular flexibility index (Phi) is 2.01. The molecule has 0 aliphatic carbocycles. The van der Waals surface area contributed by atoms with Crippen LogP contribution in [-0.2, 0) is 14.8 Å². The second-order valence-electron chi connectivity index (χ2n) is 1.70. The van der Waals surface area contributed by atoms with Crippen LogP contribution >= 0.6 is 0 Å². The predicted molar refractivity (Wildman–Crippen MR) is 35.4 cm³/mol. The smallest absolute Gasteiger partial charge is 0.108 e. The molecule has 0 unspecified atom stereocenters. The number of benzene rings is 1. The van der Waals surface area contributed by atoms with Crippen molar-refractivity contribution in [1.29, 1.82) is 4.78 Å². The maximum Gasteiger partial charge on any atom is 0.108 e. The summed E-state index contributed by atoms with van der Waals surface area (Å²) in [4.78, 5) is -0.0671. The second-order valence-corrected chi connectivity index (χ2v) is 2.68. The molecule has 0 bridgehead atoms. The van der Waals surface area contributed by atoms with E-state index in [1.54, 1.807) is 6.07 Å². The molecular weight excluding hydrogens is 153 g/mol. The molecule has 4 heteroatoms. The lowest BCUT2D eigenvalue weighted by atomic mass is 10.4. The van der Waals surface area contributed by atoms with Gasteiger partial charge in [0.25, 0.3) is 0 Å². The van der Waals surface area contributed by atoms with Gasteiger partial charge in [-0.1, -0.05) is 23.1 Å². The molecule has 0 heterocycles. The maximum absolute atomic E-state index is 12.5. The molecule has 1 aromatic rings. The third-order valence-electron chi connectivity index (χ3n) is 1.04. The van der Waals surface area contributed by atoms with E-state index in [1.807, 2.05) is 0 Å². The van der Waals surface area contributed by atoms with Crippen LogP contribution in [0.4, 0.5) is 4.39 Å². The molecule has 0 spiro atoms. The summed E-state index contributed by atoms with van der Waals surface area (Å²) < 4.78 is 29.6. The van der Waals surface area contributed by atoms with E-state index in [1.165, 1.54) is 18.2 Å². The summed E-state index contributed by atoms with van der Waals surface area (Å²) in [6.45, 7) is 0. The average molecular weight is 158 g/mol. The van der Waals surface area contributed by atoms with Crippen LogP contribution in [0.25, 0.3) is 0 Å². The van der Waals surface area contributed by atoms with Crippen molar-refractivity contribution in [3.05, 3.63) is 30.1 Å². The van der Waals surface area contributed by atoms with Crippen LogP contribution in [-0.4, -0.2) is 0 Å². The average Bonchev–Trinajstić information content (AvgIpc) is 1.88. The van der Waals surface area contributed by atoms with Gasteiger partial charge in [-0.25, -0.2) is 4.39 Å². The number of nitrogens with one attached hydrogen (secondary N) is 1. The molecular formula is C6H5FNOS-. The summed E-state index contributed by atoms with van der Waals surface area (Å²) in [6, 6.07) is 5.55. The van der Waals surface area contributed by atoms with Crippen LogP contribution in [0.1, 0.15) is 0 Å². The van der Waals surface area contributed by atoms with Crippen molar-refractivity contribution in [2.75, 3.05) is 0 Å². The van der Waals surface area contributed by atoms with E-state index in [-0.39, 0.29) is 4.90 Å². The molecule has 54 valence electrons. The normalized spacial score (nSPS) is 10.2. The Morgan fingerprint density at radius 1 is 1.40 bits per heavy atom. The van der Waals surface area contributed by atoms with Gasteiger partial charge in [-0.15, -0.1) is 0 Å². The molecule has 0 aliphatic heterocycles. The molecule has 10 heavy (non-hydrogen) atoms. The topological polar surface area (TPSA) is 40.9 Å². The quantitative estimate of drug-likeness (QED) is 0.623. The molecule has 0 radical (unpaired) electrons. The van der Waals surface area contributed by atoms with E-state index in [0.717, 1.165) is 0 Å². The van der Waals surface area contributed by atoms with Gasteiger partial charge in [0, 0.05) is 0 Å². The van der Waals surface area contributed by atoms with Crippen LogP contribution in [0.5, 0.6) is 0 Å². The van der Waals surface area contributed by atoms with Gasteiger partial charge in [-0.05, 0) is 6.07 Å². The largest absolute Gasteiger partial charge is 0.440 e. The minimum absolute atomic E-state index is 0.0671. The number of hydrogen-bond donors (Lipinski definition) is 1. The zero-order valence-electron chi connectivity index (χ0n) is 5.00. The highest BCUT2D eigenvalue weighted by molar-refractivity contribution is 7.73. The molecule has 0 saturated carbocycles. The first-order chi connectivity index (χ1) is 4.72. The molecule has 1 N–H and O–H groups in total. The Hall–Kier alpha value is -0.900. The van der Waals surface area contributed by atoms with Gasteiger partial charge in [0.05, 0.1) is 0 Å². The minimum atomic E-state index is -1.97. The highest BCUT2D eigenvalue weighted by atomic mass is 32.2. The van der Waals surface area contributed by atoms with Crippen molar-refractivity contribution < 1.29 is 8.60 Å². The monoisotopic (exact) mass is 158 g/mol. The first-order valence-electron chi connectivity index (χ1n) is 2.59. The Balaban J connectivity index is 3.28. The van der Waals surface area contributed by atoms with Gasteiger partial charge in [-0.3, -0.25) is 0 Å². The van der Waals surface area contributed by atoms with Crippen LogP contribution < -0.4 is 0 Å². The van der Waals surface area contributed by atoms with E-state index < -0.39 is 16.4 Å². The molecule has 0 fully saturated rings.